The highest BCUT2D eigenvalue weighted by Gasteiger charge is 2.18. The van der Waals surface area contributed by atoms with E-state index in [1.54, 1.807) is 6.08 Å². The monoisotopic (exact) mass is 290 g/mol. The van der Waals surface area contributed by atoms with E-state index in [9.17, 15) is 9.90 Å². The summed E-state index contributed by atoms with van der Waals surface area (Å²) >= 11 is 0. The van der Waals surface area contributed by atoms with Crippen LogP contribution < -0.4 is 0 Å². The molecule has 0 saturated heterocycles. The number of aliphatic hydroxyl groups is 1. The van der Waals surface area contributed by atoms with Gasteiger partial charge in [-0.15, -0.1) is 0 Å². The maximum Gasteiger partial charge on any atom is 0.330 e. The minimum atomic E-state index is -0.500. The van der Waals surface area contributed by atoms with Crippen LogP contribution in [0.15, 0.2) is 42.5 Å². The molecule has 1 N–H and O–H groups in total. The minimum Gasteiger partial charge on any atom is -0.457 e. The molecule has 0 unspecified atom stereocenters. The highest BCUT2D eigenvalue weighted by Crippen LogP contribution is 2.17. The van der Waals surface area contributed by atoms with E-state index in [0.717, 1.165) is 5.56 Å². The highest BCUT2D eigenvalue weighted by atomic mass is 16.6. The molecule has 21 heavy (non-hydrogen) atoms. The fourth-order valence-corrected chi connectivity index (χ4v) is 2.06. The predicted octanol–water partition coefficient (Wildman–Crippen LogP) is 3.51. The normalized spacial score (nSPS) is 14.9. The molecule has 2 atom stereocenters. The molecule has 0 heterocycles. The summed E-state index contributed by atoms with van der Waals surface area (Å²) in [5.74, 6) is -0.464. The van der Waals surface area contributed by atoms with Gasteiger partial charge in [0.15, 0.2) is 0 Å². The second-order valence-electron chi connectivity index (χ2n) is 6.22. The van der Waals surface area contributed by atoms with Gasteiger partial charge >= 0.3 is 5.97 Å². The molecular weight excluding hydrogens is 264 g/mol. The van der Waals surface area contributed by atoms with Crippen LogP contribution in [0.2, 0.25) is 0 Å². The van der Waals surface area contributed by atoms with Crippen molar-refractivity contribution < 1.29 is 14.6 Å². The van der Waals surface area contributed by atoms with E-state index in [1.807, 2.05) is 58.0 Å². The van der Waals surface area contributed by atoms with Crippen LogP contribution in [0, 0.1) is 5.92 Å². The summed E-state index contributed by atoms with van der Waals surface area (Å²) in [7, 11) is 0. The molecule has 0 aliphatic heterocycles. The molecule has 1 rings (SSSR count). The molecule has 0 aliphatic carbocycles. The van der Waals surface area contributed by atoms with Crippen LogP contribution in [0.1, 0.15) is 39.7 Å². The standard InChI is InChI=1S/C18H26O3/c1-5-16(19)15(13-14-9-7-6-8-10-14)11-12-17(20)21-18(2,3)4/h6-12,15-16,19H,5,13H2,1-4H3/b12-11+/t15-,16-/m0/s1. The zero-order valence-electron chi connectivity index (χ0n) is 13.4. The molecule has 0 fully saturated rings. The number of carbonyl (C=O) groups excluding carboxylic acids is 1. The molecule has 1 aromatic carbocycles. The van der Waals surface area contributed by atoms with E-state index in [2.05, 4.69) is 0 Å². The van der Waals surface area contributed by atoms with Gasteiger partial charge in [0.05, 0.1) is 6.10 Å². The number of benzene rings is 1. The van der Waals surface area contributed by atoms with Crippen molar-refractivity contribution in [2.24, 2.45) is 5.92 Å². The fraction of sp³-hybridized carbons (Fsp3) is 0.500. The predicted molar refractivity (Wildman–Crippen MR) is 84.9 cm³/mol. The Balaban J connectivity index is 2.72. The number of carbonyl (C=O) groups is 1. The Bertz CT molecular complexity index is 457. The van der Waals surface area contributed by atoms with Gasteiger partial charge in [0.2, 0.25) is 0 Å². The molecule has 0 aliphatic rings. The van der Waals surface area contributed by atoms with Crippen molar-refractivity contribution in [3.05, 3.63) is 48.0 Å². The van der Waals surface area contributed by atoms with Crippen LogP contribution in [0.5, 0.6) is 0 Å². The van der Waals surface area contributed by atoms with E-state index in [1.165, 1.54) is 6.08 Å². The summed E-state index contributed by atoms with van der Waals surface area (Å²) in [6.45, 7) is 7.44. The largest absolute Gasteiger partial charge is 0.457 e. The van der Waals surface area contributed by atoms with Crippen LogP contribution >= 0.6 is 0 Å². The maximum atomic E-state index is 11.7. The molecule has 0 radical (unpaired) electrons. The smallest absolute Gasteiger partial charge is 0.330 e. The van der Waals surface area contributed by atoms with Gasteiger partial charge < -0.3 is 9.84 Å². The molecule has 0 aromatic heterocycles. The summed E-state index contributed by atoms with van der Waals surface area (Å²) in [5.41, 5.74) is 0.642. The fourth-order valence-electron chi connectivity index (χ4n) is 2.06. The lowest BCUT2D eigenvalue weighted by Gasteiger charge is -2.20. The third-order valence-corrected chi connectivity index (χ3v) is 3.11. The van der Waals surface area contributed by atoms with Gasteiger partial charge in [-0.1, -0.05) is 43.3 Å². The van der Waals surface area contributed by atoms with Gasteiger partial charge in [-0.25, -0.2) is 4.79 Å². The first-order valence-corrected chi connectivity index (χ1v) is 7.45. The molecule has 0 amide bonds. The molecule has 0 spiro atoms. The summed E-state index contributed by atoms with van der Waals surface area (Å²) in [5, 5.41) is 10.1. The molecule has 0 bridgehead atoms. The van der Waals surface area contributed by atoms with E-state index in [-0.39, 0.29) is 11.9 Å². The number of esters is 1. The first kappa shape index (κ1) is 17.4. The molecule has 0 saturated carbocycles. The van der Waals surface area contributed by atoms with Crippen molar-refractivity contribution >= 4 is 5.97 Å². The van der Waals surface area contributed by atoms with Crippen molar-refractivity contribution in [1.29, 1.82) is 0 Å². The second kappa shape index (κ2) is 7.99. The topological polar surface area (TPSA) is 46.5 Å². The van der Waals surface area contributed by atoms with Gasteiger partial charge in [-0.3, -0.25) is 0 Å². The van der Waals surface area contributed by atoms with E-state index >= 15 is 0 Å². The van der Waals surface area contributed by atoms with Crippen molar-refractivity contribution in [3.8, 4) is 0 Å². The average molecular weight is 290 g/mol. The van der Waals surface area contributed by atoms with E-state index in [4.69, 9.17) is 4.74 Å². The number of aliphatic hydroxyl groups excluding tert-OH is 1. The van der Waals surface area contributed by atoms with Crippen LogP contribution in [-0.4, -0.2) is 22.8 Å². The average Bonchev–Trinajstić information content (AvgIpc) is 2.41. The first-order chi connectivity index (χ1) is 9.81. The third kappa shape index (κ3) is 7.09. The zero-order valence-corrected chi connectivity index (χ0v) is 13.4. The molecular formula is C18H26O3. The number of hydrogen-bond acceptors (Lipinski definition) is 3. The Hall–Kier alpha value is -1.61. The number of rotatable bonds is 6. The van der Waals surface area contributed by atoms with Crippen molar-refractivity contribution in [3.63, 3.8) is 0 Å². The lowest BCUT2D eigenvalue weighted by Crippen LogP contribution is -2.24. The Morgan fingerprint density at radius 1 is 1.29 bits per heavy atom. The van der Waals surface area contributed by atoms with Crippen LogP contribution in [0.4, 0.5) is 0 Å². The lowest BCUT2D eigenvalue weighted by atomic mass is 9.92. The van der Waals surface area contributed by atoms with Gasteiger partial charge in [0.25, 0.3) is 0 Å². The summed E-state index contributed by atoms with van der Waals surface area (Å²) in [6.07, 6.45) is 4.07. The van der Waals surface area contributed by atoms with Gasteiger partial charge in [-0.2, -0.15) is 0 Å². The molecule has 116 valence electrons. The van der Waals surface area contributed by atoms with E-state index in [0.29, 0.717) is 12.8 Å². The Labute approximate surface area is 127 Å². The SMILES string of the molecule is CC[C@H](O)[C@@H](/C=C/C(=O)OC(C)(C)C)Cc1ccccc1. The zero-order chi connectivity index (χ0) is 15.9. The highest BCUT2D eigenvalue weighted by molar-refractivity contribution is 5.82. The quantitative estimate of drug-likeness (QED) is 0.644. The molecule has 3 nitrogen and oxygen atoms in total. The summed E-state index contributed by atoms with van der Waals surface area (Å²) in [6, 6.07) is 9.96. The lowest BCUT2D eigenvalue weighted by molar-refractivity contribution is -0.148. The number of ether oxygens (including phenoxy) is 1. The maximum absolute atomic E-state index is 11.7. The van der Waals surface area contributed by atoms with Crippen LogP contribution in [-0.2, 0) is 16.0 Å². The number of hydrogen-bond donors (Lipinski definition) is 1. The van der Waals surface area contributed by atoms with Gasteiger partial charge in [0.1, 0.15) is 5.60 Å². The van der Waals surface area contributed by atoms with Crippen molar-refractivity contribution in [2.75, 3.05) is 0 Å². The van der Waals surface area contributed by atoms with Crippen molar-refractivity contribution in [2.45, 2.75) is 52.2 Å². The Morgan fingerprint density at radius 3 is 2.43 bits per heavy atom. The van der Waals surface area contributed by atoms with E-state index < -0.39 is 11.7 Å². The van der Waals surface area contributed by atoms with Gasteiger partial charge in [0, 0.05) is 12.0 Å². The van der Waals surface area contributed by atoms with Crippen molar-refractivity contribution in [1.82, 2.24) is 0 Å². The third-order valence-electron chi connectivity index (χ3n) is 3.11. The van der Waals surface area contributed by atoms with Crippen LogP contribution in [0.3, 0.4) is 0 Å². The Kier molecular flexibility index (Phi) is 6.63. The summed E-state index contributed by atoms with van der Waals surface area (Å²) < 4.78 is 5.24. The first-order valence-electron chi connectivity index (χ1n) is 7.45. The second-order valence-corrected chi connectivity index (χ2v) is 6.22. The van der Waals surface area contributed by atoms with Crippen LogP contribution in [0.25, 0.3) is 0 Å². The Morgan fingerprint density at radius 2 is 1.90 bits per heavy atom. The minimum absolute atomic E-state index is 0.0927. The molecule has 1 aromatic rings. The van der Waals surface area contributed by atoms with Gasteiger partial charge in [-0.05, 0) is 39.2 Å². The summed E-state index contributed by atoms with van der Waals surface area (Å²) in [4.78, 5) is 11.7. The molecule has 3 heteroatoms.